The molecule has 7 nitrogen and oxygen atoms in total. The molecule has 0 amide bonds. The minimum absolute atomic E-state index is 0.0971. The quantitative estimate of drug-likeness (QED) is 0.253. The van der Waals surface area contributed by atoms with Crippen LogP contribution in [0.3, 0.4) is 0 Å². The first-order valence-corrected chi connectivity index (χ1v) is 11.0. The Morgan fingerprint density at radius 3 is 2.78 bits per heavy atom. The molecule has 3 rings (SSSR count). The molecule has 1 heterocycles. The Balaban J connectivity index is 1.61. The topological polar surface area (TPSA) is 82.0 Å². The van der Waals surface area contributed by atoms with E-state index in [-0.39, 0.29) is 24.8 Å². The summed E-state index contributed by atoms with van der Waals surface area (Å²) < 4.78 is 30.2. The first kappa shape index (κ1) is 23.2. The number of anilines is 1. The summed E-state index contributed by atoms with van der Waals surface area (Å²) in [5.41, 5.74) is 4.72. The number of hydrazone groups is 1. The van der Waals surface area contributed by atoms with Gasteiger partial charge in [-0.15, -0.1) is 11.3 Å². The van der Waals surface area contributed by atoms with Gasteiger partial charge in [0.2, 0.25) is 5.13 Å². The number of halogens is 1. The summed E-state index contributed by atoms with van der Waals surface area (Å²) in [4.78, 5) is 15.8. The largest absolute Gasteiger partial charge is 0.490 e. The number of nitrogens with zero attached hydrogens (tertiary/aromatic N) is 2. The Morgan fingerprint density at radius 1 is 1.16 bits per heavy atom. The number of ether oxygens (including phenoxy) is 3. The van der Waals surface area contributed by atoms with E-state index in [1.807, 2.05) is 13.0 Å². The van der Waals surface area contributed by atoms with E-state index >= 15 is 0 Å². The summed E-state index contributed by atoms with van der Waals surface area (Å²) >= 11 is 1.35. The highest BCUT2D eigenvalue weighted by atomic mass is 32.1. The maximum Gasteiger partial charge on any atom is 0.311 e. The molecule has 1 N–H and O–H groups in total. The van der Waals surface area contributed by atoms with E-state index in [4.69, 9.17) is 14.2 Å². The zero-order chi connectivity index (χ0) is 22.8. The number of aromatic nitrogens is 1. The van der Waals surface area contributed by atoms with Gasteiger partial charge < -0.3 is 14.2 Å². The van der Waals surface area contributed by atoms with E-state index in [0.717, 1.165) is 5.56 Å². The number of rotatable bonds is 11. The molecule has 0 unspecified atom stereocenters. The van der Waals surface area contributed by atoms with E-state index in [1.165, 1.54) is 17.4 Å². The van der Waals surface area contributed by atoms with Gasteiger partial charge in [0.15, 0.2) is 11.5 Å². The van der Waals surface area contributed by atoms with Crippen molar-refractivity contribution < 1.29 is 23.4 Å². The number of hydrogen-bond acceptors (Lipinski definition) is 8. The first-order valence-electron chi connectivity index (χ1n) is 10.1. The lowest BCUT2D eigenvalue weighted by Gasteiger charge is -2.13. The van der Waals surface area contributed by atoms with Gasteiger partial charge in [0.05, 0.1) is 31.5 Å². The molecular weight excluding hydrogens is 433 g/mol. The second kappa shape index (κ2) is 11.8. The van der Waals surface area contributed by atoms with Gasteiger partial charge in [-0.25, -0.2) is 9.37 Å². The summed E-state index contributed by atoms with van der Waals surface area (Å²) in [6.07, 6.45) is 1.75. The fraction of sp³-hybridized carbons (Fsp3) is 0.261. The summed E-state index contributed by atoms with van der Waals surface area (Å²) in [5.74, 6) is 0.434. The third-order valence-corrected chi connectivity index (χ3v) is 4.96. The summed E-state index contributed by atoms with van der Waals surface area (Å²) in [6, 6.07) is 11.8. The second-order valence-electron chi connectivity index (χ2n) is 6.52. The van der Waals surface area contributed by atoms with Crippen LogP contribution in [0, 0.1) is 5.82 Å². The van der Waals surface area contributed by atoms with E-state index < -0.39 is 0 Å². The number of hydrogen-bond donors (Lipinski definition) is 1. The Morgan fingerprint density at radius 2 is 2.00 bits per heavy atom. The van der Waals surface area contributed by atoms with Crippen LogP contribution in [0.1, 0.15) is 30.7 Å². The molecule has 3 aromatic rings. The normalized spacial score (nSPS) is 10.8. The smallest absolute Gasteiger partial charge is 0.311 e. The van der Waals surface area contributed by atoms with Crippen molar-refractivity contribution in [3.05, 3.63) is 70.5 Å². The number of carbonyl (C=O) groups is 1. The molecule has 32 heavy (non-hydrogen) atoms. The van der Waals surface area contributed by atoms with E-state index in [2.05, 4.69) is 15.5 Å². The molecule has 0 radical (unpaired) electrons. The van der Waals surface area contributed by atoms with Crippen molar-refractivity contribution in [1.29, 1.82) is 0 Å². The Kier molecular flexibility index (Phi) is 8.56. The monoisotopic (exact) mass is 457 g/mol. The van der Waals surface area contributed by atoms with Gasteiger partial charge in [0.25, 0.3) is 0 Å². The number of benzene rings is 2. The molecule has 0 aliphatic rings. The van der Waals surface area contributed by atoms with E-state index in [9.17, 15) is 9.18 Å². The molecule has 1 aromatic heterocycles. The number of esters is 1. The zero-order valence-corrected chi connectivity index (χ0v) is 18.7. The van der Waals surface area contributed by atoms with Crippen molar-refractivity contribution in [2.24, 2.45) is 5.10 Å². The van der Waals surface area contributed by atoms with Crippen LogP contribution in [0.2, 0.25) is 0 Å². The van der Waals surface area contributed by atoms with Gasteiger partial charge in [-0.1, -0.05) is 18.2 Å². The SMILES string of the molecule is CCOC(=O)Cc1csc(NN=Cc2ccc(OCc3ccccc3F)c(OCC)c2)n1. The molecule has 0 aliphatic heterocycles. The minimum atomic E-state index is -0.312. The molecule has 9 heteroatoms. The van der Waals surface area contributed by atoms with Gasteiger partial charge in [0, 0.05) is 10.9 Å². The van der Waals surface area contributed by atoms with Crippen molar-refractivity contribution in [3.63, 3.8) is 0 Å². The predicted octanol–water partition coefficient (Wildman–Crippen LogP) is 4.81. The summed E-state index contributed by atoms with van der Waals surface area (Å²) in [7, 11) is 0. The van der Waals surface area contributed by atoms with Crippen LogP contribution in [-0.2, 0) is 22.6 Å². The zero-order valence-electron chi connectivity index (χ0n) is 17.8. The number of carbonyl (C=O) groups excluding carboxylic acids is 1. The average molecular weight is 458 g/mol. The molecule has 0 aliphatic carbocycles. The maximum atomic E-state index is 13.8. The fourth-order valence-electron chi connectivity index (χ4n) is 2.72. The lowest BCUT2D eigenvalue weighted by molar-refractivity contribution is -0.142. The van der Waals surface area contributed by atoms with E-state index in [0.29, 0.717) is 41.1 Å². The molecule has 168 valence electrons. The van der Waals surface area contributed by atoms with Crippen LogP contribution in [0.25, 0.3) is 0 Å². The lowest BCUT2D eigenvalue weighted by Crippen LogP contribution is -2.07. The Labute approximate surface area is 189 Å². The standard InChI is InChI=1S/C23H24FN3O4S/c1-3-29-21-11-16(9-10-20(21)31-14-17-7-5-6-8-19(17)24)13-25-27-23-26-18(15-32-23)12-22(28)30-4-2/h5-11,13,15H,3-4,12,14H2,1-2H3,(H,26,27). The third-order valence-electron chi connectivity index (χ3n) is 4.16. The first-order chi connectivity index (χ1) is 15.6. The predicted molar refractivity (Wildman–Crippen MR) is 122 cm³/mol. The van der Waals surface area contributed by atoms with Crippen LogP contribution in [-0.4, -0.2) is 30.4 Å². The molecule has 0 atom stereocenters. The summed E-state index contributed by atoms with van der Waals surface area (Å²) in [5, 5.41) is 6.53. The molecule has 0 saturated heterocycles. The molecule has 2 aromatic carbocycles. The van der Waals surface area contributed by atoms with Crippen LogP contribution < -0.4 is 14.9 Å². The number of nitrogens with one attached hydrogen (secondary N) is 1. The highest BCUT2D eigenvalue weighted by Gasteiger charge is 2.09. The Bertz CT molecular complexity index is 1070. The van der Waals surface area contributed by atoms with Crippen molar-refractivity contribution in [2.45, 2.75) is 26.9 Å². The summed E-state index contributed by atoms with van der Waals surface area (Å²) in [6.45, 7) is 4.53. The van der Waals surface area contributed by atoms with Crippen molar-refractivity contribution in [2.75, 3.05) is 18.6 Å². The lowest BCUT2D eigenvalue weighted by atomic mass is 10.2. The van der Waals surface area contributed by atoms with Gasteiger partial charge in [0.1, 0.15) is 12.4 Å². The van der Waals surface area contributed by atoms with Crippen LogP contribution in [0.15, 0.2) is 52.9 Å². The van der Waals surface area contributed by atoms with Crippen molar-refractivity contribution in [3.8, 4) is 11.5 Å². The average Bonchev–Trinajstić information content (AvgIpc) is 3.21. The second-order valence-corrected chi connectivity index (χ2v) is 7.37. The molecule has 0 saturated carbocycles. The molecule has 0 bridgehead atoms. The highest BCUT2D eigenvalue weighted by Crippen LogP contribution is 2.29. The van der Waals surface area contributed by atoms with Crippen molar-refractivity contribution >= 4 is 28.7 Å². The van der Waals surface area contributed by atoms with Crippen LogP contribution >= 0.6 is 11.3 Å². The molecular formula is C23H24FN3O4S. The van der Waals surface area contributed by atoms with Crippen LogP contribution in [0.5, 0.6) is 11.5 Å². The van der Waals surface area contributed by atoms with E-state index in [1.54, 1.807) is 48.9 Å². The molecule has 0 spiro atoms. The van der Waals surface area contributed by atoms with Gasteiger partial charge in [-0.3, -0.25) is 10.2 Å². The van der Waals surface area contributed by atoms with Crippen LogP contribution in [0.4, 0.5) is 9.52 Å². The van der Waals surface area contributed by atoms with Gasteiger partial charge in [-0.05, 0) is 43.7 Å². The Hall–Kier alpha value is -3.46. The fourth-order valence-corrected chi connectivity index (χ4v) is 3.38. The van der Waals surface area contributed by atoms with Gasteiger partial charge in [-0.2, -0.15) is 5.10 Å². The highest BCUT2D eigenvalue weighted by molar-refractivity contribution is 7.13. The van der Waals surface area contributed by atoms with Crippen molar-refractivity contribution in [1.82, 2.24) is 4.98 Å². The van der Waals surface area contributed by atoms with Gasteiger partial charge >= 0.3 is 5.97 Å². The third kappa shape index (κ3) is 6.78. The minimum Gasteiger partial charge on any atom is -0.490 e. The maximum absolute atomic E-state index is 13.8. The number of thiazole rings is 1. The molecule has 0 fully saturated rings.